The van der Waals surface area contributed by atoms with E-state index in [0.29, 0.717) is 35.4 Å². The molecule has 4 aromatic rings. The lowest BCUT2D eigenvalue weighted by Crippen LogP contribution is -1.93. The summed E-state index contributed by atoms with van der Waals surface area (Å²) in [5.41, 5.74) is 1.88. The van der Waals surface area contributed by atoms with Crippen LogP contribution in [0.2, 0.25) is 0 Å². The average molecular weight is 474 g/mol. The van der Waals surface area contributed by atoms with E-state index in [0.717, 1.165) is 33.4 Å². The number of ether oxygens (including phenoxy) is 5. The lowest BCUT2D eigenvalue weighted by molar-refractivity contribution is 0.340. The van der Waals surface area contributed by atoms with Gasteiger partial charge in [0.05, 0.1) is 52.1 Å². The predicted molar refractivity (Wildman–Crippen MR) is 139 cm³/mol. The Morgan fingerprint density at radius 1 is 0.686 bits per heavy atom. The van der Waals surface area contributed by atoms with Gasteiger partial charge in [0.15, 0.2) is 23.0 Å². The smallest absolute Gasteiger partial charge is 0.361 e. The molecule has 0 fully saturated rings. The van der Waals surface area contributed by atoms with Gasteiger partial charge in [0.2, 0.25) is 0 Å². The summed E-state index contributed by atoms with van der Waals surface area (Å²) in [6, 6.07) is 19.5. The Bertz CT molecular complexity index is 1340. The first-order chi connectivity index (χ1) is 17.1. The van der Waals surface area contributed by atoms with Crippen LogP contribution in [-0.2, 0) is 0 Å². The van der Waals surface area contributed by atoms with Gasteiger partial charge in [-0.05, 0) is 61.0 Å². The van der Waals surface area contributed by atoms with Crippen LogP contribution in [0.4, 0.5) is 0 Å². The molecule has 0 amide bonds. The summed E-state index contributed by atoms with van der Waals surface area (Å²) in [4.78, 5) is 0. The fraction of sp³-hybridized carbons (Fsp3) is 0.207. The molecule has 0 saturated heterocycles. The second-order valence-electron chi connectivity index (χ2n) is 7.67. The molecule has 0 saturated carbocycles. The van der Waals surface area contributed by atoms with Crippen LogP contribution in [-0.4, -0.2) is 35.0 Å². The summed E-state index contributed by atoms with van der Waals surface area (Å²) < 4.78 is 33.8. The first-order valence-electron chi connectivity index (χ1n) is 11.3. The third-order valence-corrected chi connectivity index (χ3v) is 5.61. The number of hydrogen-bond donors (Lipinski definition) is 0. The molecule has 0 spiro atoms. The molecule has 0 atom stereocenters. The Labute approximate surface area is 205 Å². The van der Waals surface area contributed by atoms with Gasteiger partial charge in [-0.1, -0.05) is 6.07 Å². The van der Waals surface area contributed by atoms with E-state index >= 15 is 0 Å². The van der Waals surface area contributed by atoms with Crippen LogP contribution in [0, 0.1) is 0 Å². The van der Waals surface area contributed by atoms with Crippen molar-refractivity contribution < 1.29 is 28.1 Å². The minimum Gasteiger partial charge on any atom is -0.494 e. The summed E-state index contributed by atoms with van der Waals surface area (Å²) in [6.45, 7) is 2.58. The van der Waals surface area contributed by atoms with Gasteiger partial charge in [-0.2, -0.15) is 0 Å². The molecule has 0 aliphatic carbocycles. The topological polar surface area (TPSA) is 57.5 Å². The molecule has 4 rings (SSSR count). The van der Waals surface area contributed by atoms with E-state index in [9.17, 15) is 0 Å². The average Bonchev–Trinajstić information content (AvgIpc) is 2.91. The molecule has 6 heteroatoms. The highest BCUT2D eigenvalue weighted by molar-refractivity contribution is 5.94. The van der Waals surface area contributed by atoms with Crippen molar-refractivity contribution in [1.82, 2.24) is 0 Å². The SMILES string of the molecule is CCOc1ccc(-c2cc3cc(OC)c(OC)cc3c(C=Cc3ccc(OC)c(OC)c3)[o+]2)cc1. The lowest BCUT2D eigenvalue weighted by atomic mass is 10.0. The Morgan fingerprint density at radius 2 is 1.34 bits per heavy atom. The summed E-state index contributed by atoms with van der Waals surface area (Å²) in [7, 11) is 6.48. The van der Waals surface area contributed by atoms with Crippen molar-refractivity contribution in [2.75, 3.05) is 35.0 Å². The maximum absolute atomic E-state index is 6.39. The molecule has 180 valence electrons. The van der Waals surface area contributed by atoms with Crippen molar-refractivity contribution in [3.8, 4) is 40.1 Å². The van der Waals surface area contributed by atoms with Gasteiger partial charge in [0.25, 0.3) is 0 Å². The van der Waals surface area contributed by atoms with E-state index in [4.69, 9.17) is 28.1 Å². The standard InChI is InChI=1S/C29H29O6/c1-6-34-22-11-9-20(10-12-22)26-16-21-17-28(32-4)29(33-5)18-23(21)24(35-26)13-7-19-8-14-25(30-2)27(15-19)31-3/h7-18H,6H2,1-5H3/q+1. The van der Waals surface area contributed by atoms with Crippen LogP contribution >= 0.6 is 0 Å². The monoisotopic (exact) mass is 473 g/mol. The number of hydrogen-bond acceptors (Lipinski definition) is 5. The third kappa shape index (κ3) is 5.17. The van der Waals surface area contributed by atoms with Crippen molar-refractivity contribution in [3.05, 3.63) is 72.0 Å². The summed E-state index contributed by atoms with van der Waals surface area (Å²) in [5, 5.41) is 1.86. The quantitative estimate of drug-likeness (QED) is 0.244. The van der Waals surface area contributed by atoms with Gasteiger partial charge in [-0.25, -0.2) is 4.42 Å². The molecule has 35 heavy (non-hydrogen) atoms. The van der Waals surface area contributed by atoms with Crippen LogP contribution in [0.1, 0.15) is 18.2 Å². The Balaban J connectivity index is 1.84. The Kier molecular flexibility index (Phi) is 7.41. The molecule has 0 unspecified atom stereocenters. The van der Waals surface area contributed by atoms with Crippen LogP contribution in [0.5, 0.6) is 28.7 Å². The molecule has 0 aliphatic rings. The molecule has 0 N–H and O–H groups in total. The second-order valence-corrected chi connectivity index (χ2v) is 7.67. The molecule has 0 radical (unpaired) electrons. The maximum Gasteiger partial charge on any atom is 0.361 e. The molecule has 1 heterocycles. The first kappa shape index (κ1) is 24.0. The van der Waals surface area contributed by atoms with E-state index in [2.05, 4.69) is 0 Å². The molecular formula is C29H29O6+. The molecule has 0 aliphatic heterocycles. The van der Waals surface area contributed by atoms with Gasteiger partial charge < -0.3 is 23.7 Å². The Hall–Kier alpha value is -4.19. The maximum atomic E-state index is 6.39. The fourth-order valence-electron chi connectivity index (χ4n) is 3.85. The van der Waals surface area contributed by atoms with Crippen molar-refractivity contribution in [1.29, 1.82) is 0 Å². The minimum atomic E-state index is 0.617. The Morgan fingerprint density at radius 3 is 2.00 bits per heavy atom. The van der Waals surface area contributed by atoms with Crippen LogP contribution in [0.15, 0.2) is 65.1 Å². The van der Waals surface area contributed by atoms with Gasteiger partial charge in [-0.3, -0.25) is 0 Å². The van der Waals surface area contributed by atoms with E-state index in [1.165, 1.54) is 0 Å². The van der Waals surface area contributed by atoms with Gasteiger partial charge in [-0.15, -0.1) is 0 Å². The van der Waals surface area contributed by atoms with Crippen LogP contribution in [0.25, 0.3) is 34.2 Å². The lowest BCUT2D eigenvalue weighted by Gasteiger charge is -2.09. The zero-order valence-corrected chi connectivity index (χ0v) is 20.6. The van der Waals surface area contributed by atoms with Crippen molar-refractivity contribution in [2.45, 2.75) is 6.92 Å². The number of methoxy groups -OCH3 is 4. The normalized spacial score (nSPS) is 11.0. The van der Waals surface area contributed by atoms with Crippen molar-refractivity contribution in [2.24, 2.45) is 0 Å². The van der Waals surface area contributed by atoms with Crippen molar-refractivity contribution in [3.63, 3.8) is 0 Å². The van der Waals surface area contributed by atoms with E-state index in [1.54, 1.807) is 28.4 Å². The van der Waals surface area contributed by atoms with Crippen LogP contribution in [0.3, 0.4) is 0 Å². The zero-order chi connectivity index (χ0) is 24.8. The summed E-state index contributed by atoms with van der Waals surface area (Å²) in [5.74, 6) is 4.84. The molecule has 3 aromatic carbocycles. The van der Waals surface area contributed by atoms with Crippen molar-refractivity contribution >= 4 is 22.9 Å². The van der Waals surface area contributed by atoms with Gasteiger partial charge in [0, 0.05) is 17.5 Å². The molecule has 0 bridgehead atoms. The highest BCUT2D eigenvalue weighted by atomic mass is 16.5. The summed E-state index contributed by atoms with van der Waals surface area (Å²) in [6.07, 6.45) is 3.91. The van der Waals surface area contributed by atoms with E-state index in [-0.39, 0.29) is 0 Å². The fourth-order valence-corrected chi connectivity index (χ4v) is 3.85. The van der Waals surface area contributed by atoms with Gasteiger partial charge >= 0.3 is 11.5 Å². The molecule has 6 nitrogen and oxygen atoms in total. The number of rotatable bonds is 9. The number of fused-ring (bicyclic) bond motifs is 1. The minimum absolute atomic E-state index is 0.617. The highest BCUT2D eigenvalue weighted by Crippen LogP contribution is 2.37. The van der Waals surface area contributed by atoms with E-state index < -0.39 is 0 Å². The van der Waals surface area contributed by atoms with E-state index in [1.807, 2.05) is 79.7 Å². The first-order valence-corrected chi connectivity index (χ1v) is 11.3. The molecular weight excluding hydrogens is 444 g/mol. The highest BCUT2D eigenvalue weighted by Gasteiger charge is 2.21. The largest absolute Gasteiger partial charge is 0.494 e. The third-order valence-electron chi connectivity index (χ3n) is 5.61. The van der Waals surface area contributed by atoms with Crippen LogP contribution < -0.4 is 23.7 Å². The molecule has 1 aromatic heterocycles. The summed E-state index contributed by atoms with van der Waals surface area (Å²) >= 11 is 0. The second kappa shape index (κ2) is 10.8. The zero-order valence-electron chi connectivity index (χ0n) is 20.6. The predicted octanol–water partition coefficient (Wildman–Crippen LogP) is 6.98. The number of benzene rings is 3. The van der Waals surface area contributed by atoms with Gasteiger partial charge in [0.1, 0.15) is 5.75 Å².